The van der Waals surface area contributed by atoms with Crippen LogP contribution in [0.4, 0.5) is 0 Å². The van der Waals surface area contributed by atoms with Gasteiger partial charge in [0.05, 0.1) is 6.10 Å². The second-order valence-corrected chi connectivity index (χ2v) is 6.78. The predicted octanol–water partition coefficient (Wildman–Crippen LogP) is 3.18. The summed E-state index contributed by atoms with van der Waals surface area (Å²) in [5, 5.41) is 0. The minimum absolute atomic E-state index is 0.293. The molecule has 3 heteroatoms. The molecule has 2 aliphatic rings. The summed E-state index contributed by atoms with van der Waals surface area (Å²) in [5.74, 6) is 0.935. The molecule has 1 saturated heterocycles. The zero-order valence-electron chi connectivity index (χ0n) is 13.6. The lowest BCUT2D eigenvalue weighted by Gasteiger charge is -2.46. The molecule has 0 spiro atoms. The molecule has 118 valence electrons. The molecular weight excluding hydrogens is 248 g/mol. The molecule has 2 N–H and O–H groups in total. The lowest BCUT2D eigenvalue weighted by molar-refractivity contribution is -0.0228. The molecular formula is C17H34N2O. The normalized spacial score (nSPS) is 34.0. The van der Waals surface area contributed by atoms with Crippen molar-refractivity contribution in [3.63, 3.8) is 0 Å². The van der Waals surface area contributed by atoms with E-state index in [0.29, 0.717) is 11.6 Å². The first-order chi connectivity index (χ1) is 9.74. The average Bonchev–Trinajstić information content (AvgIpc) is 2.71. The van der Waals surface area contributed by atoms with E-state index in [-0.39, 0.29) is 0 Å². The van der Waals surface area contributed by atoms with Gasteiger partial charge in [0.15, 0.2) is 0 Å². The average molecular weight is 282 g/mol. The number of piperidine rings is 1. The molecule has 0 radical (unpaired) electrons. The molecule has 0 aromatic rings. The number of rotatable bonds is 5. The van der Waals surface area contributed by atoms with Crippen LogP contribution in [0.3, 0.4) is 0 Å². The van der Waals surface area contributed by atoms with Gasteiger partial charge in [-0.25, -0.2) is 0 Å². The predicted molar refractivity (Wildman–Crippen MR) is 84.9 cm³/mol. The first-order valence-corrected chi connectivity index (χ1v) is 8.80. The minimum Gasteiger partial charge on any atom is -0.378 e. The maximum atomic E-state index is 6.25. The van der Waals surface area contributed by atoms with Gasteiger partial charge in [-0.2, -0.15) is 0 Å². The highest BCUT2D eigenvalue weighted by atomic mass is 16.5. The third kappa shape index (κ3) is 3.75. The van der Waals surface area contributed by atoms with Crippen LogP contribution < -0.4 is 5.73 Å². The fourth-order valence-corrected chi connectivity index (χ4v) is 4.25. The van der Waals surface area contributed by atoms with E-state index >= 15 is 0 Å². The monoisotopic (exact) mass is 282 g/mol. The van der Waals surface area contributed by atoms with Crippen LogP contribution in [-0.4, -0.2) is 42.8 Å². The first-order valence-electron chi connectivity index (χ1n) is 8.80. The molecule has 0 aromatic carbocycles. The maximum Gasteiger partial charge on any atom is 0.0599 e. The van der Waals surface area contributed by atoms with Gasteiger partial charge >= 0.3 is 0 Å². The number of hydrogen-bond acceptors (Lipinski definition) is 3. The third-order valence-electron chi connectivity index (χ3n) is 5.74. The van der Waals surface area contributed by atoms with Crippen molar-refractivity contribution in [3.05, 3.63) is 0 Å². The van der Waals surface area contributed by atoms with E-state index in [0.717, 1.165) is 19.1 Å². The summed E-state index contributed by atoms with van der Waals surface area (Å²) < 4.78 is 5.79. The highest BCUT2D eigenvalue weighted by molar-refractivity contribution is 4.96. The van der Waals surface area contributed by atoms with E-state index < -0.39 is 0 Å². The van der Waals surface area contributed by atoms with Crippen LogP contribution in [0.25, 0.3) is 0 Å². The molecule has 3 nitrogen and oxygen atoms in total. The van der Waals surface area contributed by atoms with Crippen LogP contribution in [0.2, 0.25) is 0 Å². The van der Waals surface area contributed by atoms with Gasteiger partial charge in [-0.3, -0.25) is 4.90 Å². The Morgan fingerprint density at radius 3 is 2.45 bits per heavy atom. The maximum absolute atomic E-state index is 6.25. The second kappa shape index (κ2) is 7.77. The van der Waals surface area contributed by atoms with Crippen LogP contribution in [0.15, 0.2) is 0 Å². The molecule has 0 aromatic heterocycles. The molecule has 1 aliphatic carbocycles. The fraction of sp³-hybridized carbons (Fsp3) is 1.00. The number of hydrogen-bond donors (Lipinski definition) is 1. The van der Waals surface area contributed by atoms with Crippen molar-refractivity contribution in [2.45, 2.75) is 76.9 Å². The standard InChI is InChI=1S/C17H34N2O/c1-3-15-6-5-10-17(14-18,11-7-15)19-12-8-16(9-13-19)20-4-2/h15-16H,3-14,18H2,1-2H3. The Balaban J connectivity index is 1.94. The number of nitrogens with two attached hydrogens (primary N) is 1. The molecule has 2 unspecified atom stereocenters. The Bertz CT molecular complexity index is 276. The van der Waals surface area contributed by atoms with Gasteiger partial charge in [-0.05, 0) is 44.9 Å². The van der Waals surface area contributed by atoms with Crippen LogP contribution >= 0.6 is 0 Å². The van der Waals surface area contributed by atoms with E-state index in [1.165, 1.54) is 64.5 Å². The van der Waals surface area contributed by atoms with Crippen LogP contribution in [0.1, 0.15) is 65.2 Å². The van der Waals surface area contributed by atoms with Crippen molar-refractivity contribution >= 4 is 0 Å². The van der Waals surface area contributed by atoms with Crippen molar-refractivity contribution in [2.75, 3.05) is 26.2 Å². The summed E-state index contributed by atoms with van der Waals surface area (Å²) in [5.41, 5.74) is 6.54. The number of ether oxygens (including phenoxy) is 1. The quantitative estimate of drug-likeness (QED) is 0.787. The van der Waals surface area contributed by atoms with Gasteiger partial charge in [0.25, 0.3) is 0 Å². The Kier molecular flexibility index (Phi) is 6.31. The summed E-state index contributed by atoms with van der Waals surface area (Å²) in [6, 6.07) is 0. The van der Waals surface area contributed by atoms with Gasteiger partial charge < -0.3 is 10.5 Å². The Hall–Kier alpha value is -0.120. The summed E-state index contributed by atoms with van der Waals surface area (Å²) in [6.45, 7) is 8.49. The highest BCUT2D eigenvalue weighted by Crippen LogP contribution is 2.37. The third-order valence-corrected chi connectivity index (χ3v) is 5.74. The van der Waals surface area contributed by atoms with Gasteiger partial charge in [-0.1, -0.05) is 26.2 Å². The molecule has 20 heavy (non-hydrogen) atoms. The SMILES string of the molecule is CCOC1CCN(C2(CN)CCCC(CC)CC2)CC1. The van der Waals surface area contributed by atoms with Crippen LogP contribution in [0, 0.1) is 5.92 Å². The topological polar surface area (TPSA) is 38.5 Å². The Morgan fingerprint density at radius 1 is 1.10 bits per heavy atom. The smallest absolute Gasteiger partial charge is 0.0599 e. The largest absolute Gasteiger partial charge is 0.378 e. The van der Waals surface area contributed by atoms with Crippen molar-refractivity contribution in [1.29, 1.82) is 0 Å². The molecule has 1 saturated carbocycles. The Morgan fingerprint density at radius 2 is 1.85 bits per heavy atom. The molecule has 0 bridgehead atoms. The van der Waals surface area contributed by atoms with Gasteiger partial charge in [0, 0.05) is 31.8 Å². The van der Waals surface area contributed by atoms with E-state index in [1.54, 1.807) is 0 Å². The molecule has 2 rings (SSSR count). The molecule has 2 fully saturated rings. The lowest BCUT2D eigenvalue weighted by atomic mass is 9.85. The van der Waals surface area contributed by atoms with Gasteiger partial charge in [-0.15, -0.1) is 0 Å². The fourth-order valence-electron chi connectivity index (χ4n) is 4.25. The summed E-state index contributed by atoms with van der Waals surface area (Å²) in [7, 11) is 0. The van der Waals surface area contributed by atoms with Crippen LogP contribution in [0.5, 0.6) is 0 Å². The van der Waals surface area contributed by atoms with E-state index in [9.17, 15) is 0 Å². The molecule has 1 heterocycles. The van der Waals surface area contributed by atoms with Crippen molar-refractivity contribution < 1.29 is 4.74 Å². The number of nitrogens with zero attached hydrogens (tertiary/aromatic N) is 1. The van der Waals surface area contributed by atoms with Crippen molar-refractivity contribution in [3.8, 4) is 0 Å². The highest BCUT2D eigenvalue weighted by Gasteiger charge is 2.38. The Labute approximate surface area is 125 Å². The minimum atomic E-state index is 0.293. The lowest BCUT2D eigenvalue weighted by Crippen LogP contribution is -2.56. The van der Waals surface area contributed by atoms with Crippen LogP contribution in [-0.2, 0) is 4.74 Å². The number of likely N-dealkylation sites (tertiary alicyclic amines) is 1. The first kappa shape index (κ1) is 16.3. The molecule has 0 amide bonds. The molecule has 1 aliphatic heterocycles. The summed E-state index contributed by atoms with van der Waals surface area (Å²) >= 11 is 0. The van der Waals surface area contributed by atoms with Gasteiger partial charge in [0.2, 0.25) is 0 Å². The summed E-state index contributed by atoms with van der Waals surface area (Å²) in [4.78, 5) is 2.71. The zero-order chi connectivity index (χ0) is 14.4. The summed E-state index contributed by atoms with van der Waals surface area (Å²) in [6.07, 6.45) is 11.0. The zero-order valence-corrected chi connectivity index (χ0v) is 13.6. The molecule has 2 atom stereocenters. The van der Waals surface area contributed by atoms with Gasteiger partial charge in [0.1, 0.15) is 0 Å². The van der Waals surface area contributed by atoms with Crippen molar-refractivity contribution in [1.82, 2.24) is 4.90 Å². The van der Waals surface area contributed by atoms with E-state index in [2.05, 4.69) is 18.7 Å². The van der Waals surface area contributed by atoms with Crippen molar-refractivity contribution in [2.24, 2.45) is 11.7 Å². The second-order valence-electron chi connectivity index (χ2n) is 6.78. The van der Waals surface area contributed by atoms with E-state index in [4.69, 9.17) is 10.5 Å². The van der Waals surface area contributed by atoms with E-state index in [1.807, 2.05) is 0 Å².